The highest BCUT2D eigenvalue weighted by Crippen LogP contribution is 2.23. The van der Waals surface area contributed by atoms with Gasteiger partial charge in [0.1, 0.15) is 0 Å². The molecule has 1 aliphatic carbocycles. The van der Waals surface area contributed by atoms with E-state index in [1.54, 1.807) is 12.1 Å². The van der Waals surface area contributed by atoms with Crippen LogP contribution in [0.25, 0.3) is 0 Å². The Hall–Kier alpha value is -1.76. The van der Waals surface area contributed by atoms with E-state index >= 15 is 0 Å². The molecule has 1 N–H and O–H groups in total. The molecular weight excluding hydrogens is 430 g/mol. The zero-order valence-corrected chi connectivity index (χ0v) is 21.2. The zero-order valence-electron chi connectivity index (χ0n) is 20.4. The molecule has 0 saturated carbocycles. The fourth-order valence-electron chi connectivity index (χ4n) is 4.80. The minimum Gasteiger partial charge on any atom is -0.316 e. The van der Waals surface area contributed by atoms with Gasteiger partial charge in [-0.25, -0.2) is 8.42 Å². The van der Waals surface area contributed by atoms with Crippen molar-refractivity contribution in [2.24, 2.45) is 0 Å². The largest absolute Gasteiger partial charge is 0.316 e. The van der Waals surface area contributed by atoms with Crippen molar-refractivity contribution in [1.29, 1.82) is 0 Å². The van der Waals surface area contributed by atoms with Crippen LogP contribution < -0.4 is 5.32 Å². The summed E-state index contributed by atoms with van der Waals surface area (Å²) >= 11 is 0. The number of pyridine rings is 1. The molecule has 0 fully saturated rings. The summed E-state index contributed by atoms with van der Waals surface area (Å²) in [5.41, 5.74) is 3.93. The molecule has 1 atom stereocenters. The molecule has 0 amide bonds. The molecule has 1 heterocycles. The molecule has 3 rings (SSSR count). The topological polar surface area (TPSA) is 62.3 Å². The molecule has 0 saturated heterocycles. The second-order valence-corrected chi connectivity index (χ2v) is 11.4. The fraction of sp³-hybridized carbons (Fsp3) is 0.593. The predicted octanol–water partition coefficient (Wildman–Crippen LogP) is 4.45. The molecule has 5 nitrogen and oxygen atoms in total. The Morgan fingerprint density at radius 1 is 1.03 bits per heavy atom. The van der Waals surface area contributed by atoms with Crippen LogP contribution in [0.1, 0.15) is 62.3 Å². The molecule has 0 spiro atoms. The second-order valence-electron chi connectivity index (χ2n) is 9.37. The van der Waals surface area contributed by atoms with Gasteiger partial charge in [-0.05, 0) is 100 Å². The molecule has 0 bridgehead atoms. The Kier molecular flexibility index (Phi) is 10.4. The van der Waals surface area contributed by atoms with Gasteiger partial charge in [-0.2, -0.15) is 0 Å². The summed E-state index contributed by atoms with van der Waals surface area (Å²) in [6, 6.07) is 12.3. The standard InChI is InChI=1S/C27H41N3O2S/c1-3-20-30(25-12-15-27-24(22-25)9-8-18-29-27)21-7-5-4-6-17-28-19-16-23-10-13-26(14-11-23)33(2,31)32/h8-11,13-14,18,25,28H,3-7,12,15-17,19-22H2,1-2H3. The smallest absolute Gasteiger partial charge is 0.175 e. The Labute approximate surface area is 200 Å². The van der Waals surface area contributed by atoms with Crippen LogP contribution in [-0.4, -0.2) is 56.8 Å². The number of sulfone groups is 1. The zero-order chi connectivity index (χ0) is 23.5. The number of nitrogens with one attached hydrogen (secondary N) is 1. The summed E-state index contributed by atoms with van der Waals surface area (Å²) in [6.07, 6.45) is 13.9. The van der Waals surface area contributed by atoms with E-state index < -0.39 is 9.84 Å². The lowest BCUT2D eigenvalue weighted by Crippen LogP contribution is -2.40. The molecule has 1 aliphatic rings. The molecular formula is C27H41N3O2S. The minimum atomic E-state index is -3.11. The number of aryl methyl sites for hydroxylation is 1. The molecule has 33 heavy (non-hydrogen) atoms. The van der Waals surface area contributed by atoms with Gasteiger partial charge >= 0.3 is 0 Å². The number of benzene rings is 1. The molecule has 1 unspecified atom stereocenters. The molecule has 2 aromatic rings. The van der Waals surface area contributed by atoms with Crippen LogP contribution in [0.5, 0.6) is 0 Å². The van der Waals surface area contributed by atoms with Crippen molar-refractivity contribution >= 4 is 9.84 Å². The van der Waals surface area contributed by atoms with Crippen LogP contribution in [-0.2, 0) is 29.1 Å². The first-order chi connectivity index (χ1) is 16.0. The second kappa shape index (κ2) is 13.2. The highest BCUT2D eigenvalue weighted by atomic mass is 32.2. The van der Waals surface area contributed by atoms with Crippen molar-refractivity contribution in [3.8, 4) is 0 Å². The van der Waals surface area contributed by atoms with Gasteiger partial charge in [0, 0.05) is 24.2 Å². The summed E-state index contributed by atoms with van der Waals surface area (Å²) in [4.78, 5) is 7.68. The average molecular weight is 472 g/mol. The molecule has 0 aliphatic heterocycles. The van der Waals surface area contributed by atoms with Crippen molar-refractivity contribution in [3.63, 3.8) is 0 Å². The van der Waals surface area contributed by atoms with Gasteiger partial charge in [0.15, 0.2) is 9.84 Å². The predicted molar refractivity (Wildman–Crippen MR) is 137 cm³/mol. The Morgan fingerprint density at radius 3 is 2.58 bits per heavy atom. The van der Waals surface area contributed by atoms with Gasteiger partial charge in [-0.3, -0.25) is 4.98 Å². The lowest BCUT2D eigenvalue weighted by atomic mass is 9.90. The molecule has 6 heteroatoms. The first-order valence-electron chi connectivity index (χ1n) is 12.6. The van der Waals surface area contributed by atoms with E-state index in [0.29, 0.717) is 10.9 Å². The van der Waals surface area contributed by atoms with Gasteiger partial charge in [-0.1, -0.05) is 38.0 Å². The van der Waals surface area contributed by atoms with Crippen LogP contribution in [0.3, 0.4) is 0 Å². The third-order valence-corrected chi connectivity index (χ3v) is 7.80. The highest BCUT2D eigenvalue weighted by Gasteiger charge is 2.23. The molecule has 0 radical (unpaired) electrons. The first-order valence-corrected chi connectivity index (χ1v) is 14.5. The molecule has 1 aromatic carbocycles. The number of fused-ring (bicyclic) bond motifs is 1. The fourth-order valence-corrected chi connectivity index (χ4v) is 5.43. The van der Waals surface area contributed by atoms with Crippen molar-refractivity contribution < 1.29 is 8.42 Å². The molecule has 1 aromatic heterocycles. The third kappa shape index (κ3) is 8.51. The Morgan fingerprint density at radius 2 is 1.82 bits per heavy atom. The third-order valence-electron chi connectivity index (χ3n) is 6.67. The minimum absolute atomic E-state index is 0.391. The van der Waals surface area contributed by atoms with Crippen molar-refractivity contribution in [2.75, 3.05) is 32.4 Å². The van der Waals surface area contributed by atoms with E-state index in [-0.39, 0.29) is 0 Å². The van der Waals surface area contributed by atoms with Gasteiger partial charge in [0.05, 0.1) is 4.90 Å². The summed E-state index contributed by atoms with van der Waals surface area (Å²) in [6.45, 7) is 6.68. The van der Waals surface area contributed by atoms with Crippen molar-refractivity contribution in [2.45, 2.75) is 75.6 Å². The number of nitrogens with zero attached hydrogens (tertiary/aromatic N) is 2. The van der Waals surface area contributed by atoms with E-state index in [1.165, 1.54) is 74.7 Å². The van der Waals surface area contributed by atoms with Gasteiger partial charge in [0.25, 0.3) is 0 Å². The summed E-state index contributed by atoms with van der Waals surface area (Å²) in [7, 11) is -3.11. The number of hydrogen-bond donors (Lipinski definition) is 1. The SMILES string of the molecule is CCCN(CCCCCCNCCc1ccc(S(C)(=O)=O)cc1)C1CCc2ncccc2C1. The summed E-state index contributed by atoms with van der Waals surface area (Å²) in [5, 5.41) is 3.53. The van der Waals surface area contributed by atoms with Crippen molar-refractivity contribution in [3.05, 3.63) is 59.4 Å². The number of hydrogen-bond acceptors (Lipinski definition) is 5. The average Bonchev–Trinajstić information content (AvgIpc) is 2.81. The summed E-state index contributed by atoms with van der Waals surface area (Å²) in [5.74, 6) is 0. The number of rotatable bonds is 14. The monoisotopic (exact) mass is 471 g/mol. The first kappa shape index (κ1) is 25.9. The maximum absolute atomic E-state index is 11.5. The Balaban J connectivity index is 1.26. The van der Waals surface area contributed by atoms with Crippen LogP contribution in [0, 0.1) is 0 Å². The van der Waals surface area contributed by atoms with Crippen molar-refractivity contribution in [1.82, 2.24) is 15.2 Å². The lowest BCUT2D eigenvalue weighted by Gasteiger charge is -2.34. The van der Waals surface area contributed by atoms with Crippen LogP contribution in [0.15, 0.2) is 47.5 Å². The van der Waals surface area contributed by atoms with Gasteiger partial charge in [-0.15, -0.1) is 0 Å². The van der Waals surface area contributed by atoms with E-state index in [9.17, 15) is 8.42 Å². The van der Waals surface area contributed by atoms with Crippen LogP contribution in [0.2, 0.25) is 0 Å². The highest BCUT2D eigenvalue weighted by molar-refractivity contribution is 7.90. The maximum atomic E-state index is 11.5. The lowest BCUT2D eigenvalue weighted by molar-refractivity contribution is 0.175. The van der Waals surface area contributed by atoms with Gasteiger partial charge in [0.2, 0.25) is 0 Å². The van der Waals surface area contributed by atoms with E-state index in [1.807, 2.05) is 18.3 Å². The van der Waals surface area contributed by atoms with Crippen LogP contribution in [0.4, 0.5) is 0 Å². The van der Waals surface area contributed by atoms with E-state index in [4.69, 9.17) is 0 Å². The number of unbranched alkanes of at least 4 members (excludes halogenated alkanes) is 3. The Bertz CT molecular complexity index is 944. The van der Waals surface area contributed by atoms with E-state index in [2.05, 4.69) is 34.3 Å². The normalized spacial score (nSPS) is 16.2. The van der Waals surface area contributed by atoms with Gasteiger partial charge < -0.3 is 10.2 Å². The van der Waals surface area contributed by atoms with E-state index in [0.717, 1.165) is 32.4 Å². The van der Waals surface area contributed by atoms with Crippen LogP contribution >= 0.6 is 0 Å². The molecule has 182 valence electrons. The maximum Gasteiger partial charge on any atom is 0.175 e. The summed E-state index contributed by atoms with van der Waals surface area (Å²) < 4.78 is 23.1. The quantitative estimate of drug-likeness (QED) is 0.413. The number of aromatic nitrogens is 1.